The van der Waals surface area contributed by atoms with Gasteiger partial charge in [0.05, 0.1) is 0 Å². The van der Waals surface area contributed by atoms with E-state index in [-0.39, 0.29) is 0 Å². The topological polar surface area (TPSA) is 15.3 Å². The molecule has 88 valence electrons. The van der Waals surface area contributed by atoms with E-state index in [9.17, 15) is 0 Å². The molecule has 2 rings (SSSR count). The molecule has 0 radical (unpaired) electrons. The first kappa shape index (κ1) is 11.4. The third-order valence-corrected chi connectivity index (χ3v) is 4.41. The first-order valence-electron chi connectivity index (χ1n) is 6.63. The van der Waals surface area contributed by atoms with E-state index < -0.39 is 0 Å². The zero-order valence-electron chi connectivity index (χ0n) is 10.5. The van der Waals surface area contributed by atoms with Crippen LogP contribution in [0.25, 0.3) is 0 Å². The van der Waals surface area contributed by atoms with E-state index in [0.29, 0.717) is 0 Å². The van der Waals surface area contributed by atoms with Crippen LogP contribution in [0.1, 0.15) is 46.0 Å². The van der Waals surface area contributed by atoms with E-state index in [0.717, 1.165) is 24.0 Å². The van der Waals surface area contributed by atoms with Crippen LogP contribution in [-0.2, 0) is 0 Å². The lowest BCUT2D eigenvalue weighted by atomic mass is 9.90. The van der Waals surface area contributed by atoms with Crippen LogP contribution < -0.4 is 5.32 Å². The summed E-state index contributed by atoms with van der Waals surface area (Å²) in [5.74, 6) is 0.919. The molecule has 1 saturated carbocycles. The summed E-state index contributed by atoms with van der Waals surface area (Å²) in [6.07, 6.45) is 6.97. The summed E-state index contributed by atoms with van der Waals surface area (Å²) >= 11 is 0. The van der Waals surface area contributed by atoms with Gasteiger partial charge in [0.1, 0.15) is 0 Å². The predicted octanol–water partition coefficient (Wildman–Crippen LogP) is 2.25. The minimum Gasteiger partial charge on any atom is -0.317 e. The second-order valence-electron chi connectivity index (χ2n) is 5.68. The molecule has 0 aromatic heterocycles. The maximum Gasteiger partial charge on any atom is 0.00993 e. The van der Waals surface area contributed by atoms with Crippen molar-refractivity contribution in [2.45, 2.75) is 64.1 Å². The third kappa shape index (κ3) is 2.54. The summed E-state index contributed by atoms with van der Waals surface area (Å²) in [5, 5.41) is 3.42. The highest BCUT2D eigenvalue weighted by Gasteiger charge is 2.33. The zero-order chi connectivity index (χ0) is 10.8. The quantitative estimate of drug-likeness (QED) is 0.752. The highest BCUT2D eigenvalue weighted by molar-refractivity contribution is 4.89. The molecule has 1 aliphatic heterocycles. The zero-order valence-corrected chi connectivity index (χ0v) is 10.5. The van der Waals surface area contributed by atoms with Crippen LogP contribution in [0.5, 0.6) is 0 Å². The number of likely N-dealkylation sites (tertiary alicyclic amines) is 1. The fourth-order valence-corrected chi connectivity index (χ4v) is 3.54. The van der Waals surface area contributed by atoms with Crippen molar-refractivity contribution in [3.63, 3.8) is 0 Å². The van der Waals surface area contributed by atoms with Gasteiger partial charge in [-0.2, -0.15) is 0 Å². The largest absolute Gasteiger partial charge is 0.317 e. The minimum atomic E-state index is 0.789. The monoisotopic (exact) mass is 210 g/mol. The van der Waals surface area contributed by atoms with Gasteiger partial charge in [-0.1, -0.05) is 6.92 Å². The molecular formula is C13H26N2. The van der Waals surface area contributed by atoms with Crippen molar-refractivity contribution < 1.29 is 0 Å². The van der Waals surface area contributed by atoms with Gasteiger partial charge in [-0.3, -0.25) is 4.90 Å². The Balaban J connectivity index is 1.85. The van der Waals surface area contributed by atoms with E-state index in [1.165, 1.54) is 38.6 Å². The molecule has 1 aliphatic carbocycles. The lowest BCUT2D eigenvalue weighted by Crippen LogP contribution is -2.43. The number of nitrogens with one attached hydrogen (secondary N) is 1. The SMILES string of the molecule is CNC1CCC(N2CC(C)CC2C)CC1. The molecule has 2 aliphatic rings. The van der Waals surface area contributed by atoms with Crippen LogP contribution in [-0.4, -0.2) is 36.6 Å². The Bertz CT molecular complexity index is 197. The van der Waals surface area contributed by atoms with Gasteiger partial charge in [0.15, 0.2) is 0 Å². The number of hydrogen-bond donors (Lipinski definition) is 1. The number of hydrogen-bond acceptors (Lipinski definition) is 2. The molecule has 0 amide bonds. The normalized spacial score (nSPS) is 43.4. The molecular weight excluding hydrogens is 184 g/mol. The minimum absolute atomic E-state index is 0.789. The van der Waals surface area contributed by atoms with Crippen LogP contribution in [0.3, 0.4) is 0 Å². The fraction of sp³-hybridized carbons (Fsp3) is 1.00. The Labute approximate surface area is 94.4 Å². The second-order valence-corrected chi connectivity index (χ2v) is 5.68. The summed E-state index contributed by atoms with van der Waals surface area (Å²) in [6.45, 7) is 6.15. The Hall–Kier alpha value is -0.0800. The van der Waals surface area contributed by atoms with Crippen molar-refractivity contribution in [1.82, 2.24) is 10.2 Å². The van der Waals surface area contributed by atoms with Crippen LogP contribution >= 0.6 is 0 Å². The molecule has 0 aromatic rings. The van der Waals surface area contributed by atoms with Gasteiger partial charge in [0.2, 0.25) is 0 Å². The Kier molecular flexibility index (Phi) is 3.68. The Morgan fingerprint density at radius 2 is 1.73 bits per heavy atom. The van der Waals surface area contributed by atoms with Gasteiger partial charge in [-0.25, -0.2) is 0 Å². The van der Waals surface area contributed by atoms with Crippen LogP contribution in [0.15, 0.2) is 0 Å². The summed E-state index contributed by atoms with van der Waals surface area (Å²) in [4.78, 5) is 2.77. The lowest BCUT2D eigenvalue weighted by molar-refractivity contribution is 0.137. The van der Waals surface area contributed by atoms with E-state index in [2.05, 4.69) is 31.1 Å². The molecule has 1 heterocycles. The molecule has 15 heavy (non-hydrogen) atoms. The van der Waals surface area contributed by atoms with E-state index in [1.54, 1.807) is 0 Å². The molecule has 1 saturated heterocycles. The second kappa shape index (κ2) is 4.84. The van der Waals surface area contributed by atoms with Gasteiger partial charge in [0, 0.05) is 24.7 Å². The molecule has 2 atom stereocenters. The van der Waals surface area contributed by atoms with Gasteiger partial charge in [-0.05, 0) is 52.0 Å². The van der Waals surface area contributed by atoms with Crippen molar-refractivity contribution in [3.05, 3.63) is 0 Å². The molecule has 0 bridgehead atoms. The first-order valence-corrected chi connectivity index (χ1v) is 6.63. The fourth-order valence-electron chi connectivity index (χ4n) is 3.54. The van der Waals surface area contributed by atoms with Gasteiger partial charge in [-0.15, -0.1) is 0 Å². The summed E-state index contributed by atoms with van der Waals surface area (Å²) in [7, 11) is 2.10. The molecule has 2 heteroatoms. The lowest BCUT2D eigenvalue weighted by Gasteiger charge is -2.37. The molecule has 0 aromatic carbocycles. The van der Waals surface area contributed by atoms with Crippen molar-refractivity contribution in [2.75, 3.05) is 13.6 Å². The van der Waals surface area contributed by atoms with Crippen LogP contribution in [0.4, 0.5) is 0 Å². The van der Waals surface area contributed by atoms with Crippen molar-refractivity contribution in [1.29, 1.82) is 0 Å². The van der Waals surface area contributed by atoms with Crippen molar-refractivity contribution >= 4 is 0 Å². The average Bonchev–Trinajstić information content (AvgIpc) is 2.58. The standard InChI is InChI=1S/C13H26N2/c1-10-8-11(2)15(9-10)13-6-4-12(14-3)5-7-13/h10-14H,4-9H2,1-3H3. The van der Waals surface area contributed by atoms with E-state index in [1.807, 2.05) is 0 Å². The average molecular weight is 210 g/mol. The number of rotatable bonds is 2. The summed E-state index contributed by atoms with van der Waals surface area (Å²) in [5.41, 5.74) is 0. The van der Waals surface area contributed by atoms with Gasteiger partial charge < -0.3 is 5.32 Å². The molecule has 2 nitrogen and oxygen atoms in total. The maximum absolute atomic E-state index is 3.42. The maximum atomic E-state index is 3.42. The third-order valence-electron chi connectivity index (χ3n) is 4.41. The summed E-state index contributed by atoms with van der Waals surface area (Å²) < 4.78 is 0. The smallest absolute Gasteiger partial charge is 0.00993 e. The molecule has 2 fully saturated rings. The Morgan fingerprint density at radius 3 is 2.20 bits per heavy atom. The van der Waals surface area contributed by atoms with Gasteiger partial charge >= 0.3 is 0 Å². The summed E-state index contributed by atoms with van der Waals surface area (Å²) in [6, 6.07) is 2.50. The Morgan fingerprint density at radius 1 is 1.07 bits per heavy atom. The van der Waals surface area contributed by atoms with Gasteiger partial charge in [0.25, 0.3) is 0 Å². The highest BCUT2D eigenvalue weighted by Crippen LogP contribution is 2.31. The predicted molar refractivity (Wildman–Crippen MR) is 65.1 cm³/mol. The number of nitrogens with zero attached hydrogens (tertiary/aromatic N) is 1. The van der Waals surface area contributed by atoms with Crippen molar-refractivity contribution in [2.24, 2.45) is 5.92 Å². The highest BCUT2D eigenvalue weighted by atomic mass is 15.2. The van der Waals surface area contributed by atoms with E-state index in [4.69, 9.17) is 0 Å². The molecule has 1 N–H and O–H groups in total. The molecule has 2 unspecified atom stereocenters. The van der Waals surface area contributed by atoms with Crippen LogP contribution in [0, 0.1) is 5.92 Å². The van der Waals surface area contributed by atoms with E-state index >= 15 is 0 Å². The van der Waals surface area contributed by atoms with Crippen LogP contribution in [0.2, 0.25) is 0 Å². The van der Waals surface area contributed by atoms with Crippen molar-refractivity contribution in [3.8, 4) is 0 Å². The first-order chi connectivity index (χ1) is 7.20. The molecule has 0 spiro atoms.